The van der Waals surface area contributed by atoms with Gasteiger partial charge in [0, 0.05) is 19.3 Å². The topological polar surface area (TPSA) is 23.6 Å². The smallest absolute Gasteiger partial charge is 0.242 e. The summed E-state index contributed by atoms with van der Waals surface area (Å²) in [5.41, 5.74) is 1.54. The molecule has 0 saturated carbocycles. The van der Waals surface area contributed by atoms with E-state index in [9.17, 15) is 13.6 Å². The molecule has 1 unspecified atom stereocenters. The van der Waals surface area contributed by atoms with E-state index in [1.54, 1.807) is 18.9 Å². The van der Waals surface area contributed by atoms with Crippen molar-refractivity contribution in [3.8, 4) is 0 Å². The van der Waals surface area contributed by atoms with Crippen molar-refractivity contribution in [3.63, 3.8) is 0 Å². The predicted octanol–water partition coefficient (Wildman–Crippen LogP) is 4.01. The fourth-order valence-corrected chi connectivity index (χ4v) is 2.51. The Labute approximate surface area is 141 Å². The predicted molar refractivity (Wildman–Crippen MR) is 91.9 cm³/mol. The van der Waals surface area contributed by atoms with Crippen LogP contribution in [0.5, 0.6) is 0 Å². The molecule has 2 aromatic rings. The molecular weight excluding hydrogens is 310 g/mol. The first kappa shape index (κ1) is 17.9. The highest BCUT2D eigenvalue weighted by atomic mass is 19.2. The van der Waals surface area contributed by atoms with Gasteiger partial charge in [-0.05, 0) is 43.7 Å². The van der Waals surface area contributed by atoms with Crippen molar-refractivity contribution >= 4 is 11.6 Å². The van der Waals surface area contributed by atoms with Crippen LogP contribution in [0.25, 0.3) is 0 Å². The van der Waals surface area contributed by atoms with Gasteiger partial charge >= 0.3 is 0 Å². The van der Waals surface area contributed by atoms with E-state index < -0.39 is 11.6 Å². The van der Waals surface area contributed by atoms with Crippen LogP contribution in [0.3, 0.4) is 0 Å². The van der Waals surface area contributed by atoms with Gasteiger partial charge in [0.1, 0.15) is 0 Å². The van der Waals surface area contributed by atoms with Crippen LogP contribution in [-0.4, -0.2) is 30.9 Å². The molecule has 0 heterocycles. The lowest BCUT2D eigenvalue weighted by Gasteiger charge is -2.29. The number of amides is 1. The maximum atomic E-state index is 13.4. The summed E-state index contributed by atoms with van der Waals surface area (Å²) in [6.07, 6.45) is 0. The molecule has 0 fully saturated rings. The number of benzene rings is 2. The van der Waals surface area contributed by atoms with E-state index in [4.69, 9.17) is 0 Å². The van der Waals surface area contributed by atoms with E-state index in [0.717, 1.165) is 17.8 Å². The van der Waals surface area contributed by atoms with Gasteiger partial charge in [0.05, 0.1) is 12.6 Å². The van der Waals surface area contributed by atoms with E-state index >= 15 is 0 Å². The lowest BCUT2D eigenvalue weighted by molar-refractivity contribution is -0.130. The quantitative estimate of drug-likeness (QED) is 0.798. The molecule has 0 aliphatic rings. The number of hydrogen-bond donors (Lipinski definition) is 0. The Morgan fingerprint density at radius 1 is 1.08 bits per heavy atom. The minimum Gasteiger partial charge on any atom is -0.362 e. The molecule has 5 heteroatoms. The molecule has 0 aromatic heterocycles. The molecule has 0 saturated heterocycles. The van der Waals surface area contributed by atoms with Gasteiger partial charge in [-0.1, -0.05) is 24.3 Å². The monoisotopic (exact) mass is 332 g/mol. The standard InChI is InChI=1S/C19H22F2N2O/c1-4-23(16-8-6-5-7-9-16)13-19(24)22(3)14(2)15-10-11-17(20)18(21)12-15/h5-12,14H,4,13H2,1-3H3. The van der Waals surface area contributed by atoms with Gasteiger partial charge in [0.2, 0.25) is 5.91 Å². The zero-order valence-electron chi connectivity index (χ0n) is 14.2. The highest BCUT2D eigenvalue weighted by Crippen LogP contribution is 2.22. The first-order valence-corrected chi connectivity index (χ1v) is 7.94. The largest absolute Gasteiger partial charge is 0.362 e. The average molecular weight is 332 g/mol. The Morgan fingerprint density at radius 2 is 1.75 bits per heavy atom. The summed E-state index contributed by atoms with van der Waals surface area (Å²) >= 11 is 0. The summed E-state index contributed by atoms with van der Waals surface area (Å²) in [7, 11) is 1.67. The lowest BCUT2D eigenvalue weighted by Crippen LogP contribution is -2.39. The minimum atomic E-state index is -0.903. The van der Waals surface area contributed by atoms with Gasteiger partial charge < -0.3 is 9.80 Å². The fourth-order valence-electron chi connectivity index (χ4n) is 2.51. The highest BCUT2D eigenvalue weighted by molar-refractivity contribution is 5.81. The number of rotatable bonds is 6. The molecule has 0 N–H and O–H groups in total. The lowest BCUT2D eigenvalue weighted by atomic mass is 10.1. The van der Waals surface area contributed by atoms with Crippen molar-refractivity contribution in [2.45, 2.75) is 19.9 Å². The number of carbonyl (C=O) groups excluding carboxylic acids is 1. The molecule has 2 rings (SSSR count). The summed E-state index contributed by atoms with van der Waals surface area (Å²) in [6.45, 7) is 4.70. The second-order valence-electron chi connectivity index (χ2n) is 5.70. The SMILES string of the molecule is CCN(CC(=O)N(C)C(C)c1ccc(F)c(F)c1)c1ccccc1. The second kappa shape index (κ2) is 7.90. The van der Waals surface area contributed by atoms with E-state index in [1.165, 1.54) is 6.07 Å². The van der Waals surface area contributed by atoms with Gasteiger partial charge in [-0.2, -0.15) is 0 Å². The van der Waals surface area contributed by atoms with Crippen LogP contribution in [-0.2, 0) is 4.79 Å². The summed E-state index contributed by atoms with van der Waals surface area (Å²) < 4.78 is 26.5. The molecular formula is C19H22F2N2O. The van der Waals surface area contributed by atoms with E-state index in [0.29, 0.717) is 12.1 Å². The Balaban J connectivity index is 2.09. The van der Waals surface area contributed by atoms with Crippen LogP contribution in [0.1, 0.15) is 25.5 Å². The summed E-state index contributed by atoms with van der Waals surface area (Å²) in [4.78, 5) is 16.1. The zero-order chi connectivity index (χ0) is 17.7. The average Bonchev–Trinajstić information content (AvgIpc) is 2.61. The van der Waals surface area contributed by atoms with E-state index in [-0.39, 0.29) is 18.5 Å². The first-order chi connectivity index (χ1) is 11.4. The number of likely N-dealkylation sites (N-methyl/N-ethyl adjacent to an activating group) is 2. The van der Waals surface area contributed by atoms with Crippen LogP contribution >= 0.6 is 0 Å². The molecule has 0 bridgehead atoms. The van der Waals surface area contributed by atoms with Gasteiger partial charge in [-0.15, -0.1) is 0 Å². The molecule has 0 spiro atoms. The zero-order valence-corrected chi connectivity index (χ0v) is 14.2. The Bertz CT molecular complexity index is 691. The van der Waals surface area contributed by atoms with Crippen LogP contribution in [0.2, 0.25) is 0 Å². The third kappa shape index (κ3) is 4.10. The molecule has 0 radical (unpaired) electrons. The minimum absolute atomic E-state index is 0.0852. The first-order valence-electron chi connectivity index (χ1n) is 7.94. The normalized spacial score (nSPS) is 11.9. The van der Waals surface area contributed by atoms with Gasteiger partial charge in [0.15, 0.2) is 11.6 Å². The highest BCUT2D eigenvalue weighted by Gasteiger charge is 2.20. The van der Waals surface area contributed by atoms with Crippen molar-refractivity contribution < 1.29 is 13.6 Å². The molecule has 0 aliphatic heterocycles. The number of carbonyl (C=O) groups is 1. The second-order valence-corrected chi connectivity index (χ2v) is 5.70. The van der Waals surface area contributed by atoms with E-state index in [2.05, 4.69) is 0 Å². The van der Waals surface area contributed by atoms with Crippen LogP contribution in [0, 0.1) is 11.6 Å². The third-order valence-corrected chi connectivity index (χ3v) is 4.23. The summed E-state index contributed by atoms with van der Waals surface area (Å²) in [6, 6.07) is 13.1. The molecule has 3 nitrogen and oxygen atoms in total. The van der Waals surface area contributed by atoms with Gasteiger partial charge in [-0.3, -0.25) is 4.79 Å². The Hall–Kier alpha value is -2.43. The van der Waals surface area contributed by atoms with Gasteiger partial charge in [-0.25, -0.2) is 8.78 Å². The number of hydrogen-bond acceptors (Lipinski definition) is 2. The fraction of sp³-hybridized carbons (Fsp3) is 0.316. The summed E-state index contributed by atoms with van der Waals surface area (Å²) in [5, 5.41) is 0. The van der Waals surface area contributed by atoms with Crippen molar-refractivity contribution in [1.82, 2.24) is 4.90 Å². The molecule has 0 aliphatic carbocycles. The number of anilines is 1. The van der Waals surface area contributed by atoms with E-state index in [1.807, 2.05) is 42.2 Å². The van der Waals surface area contributed by atoms with Crippen molar-refractivity contribution in [2.24, 2.45) is 0 Å². The Kier molecular flexibility index (Phi) is 5.90. The van der Waals surface area contributed by atoms with Crippen LogP contribution in [0.4, 0.5) is 14.5 Å². The Morgan fingerprint density at radius 3 is 2.33 bits per heavy atom. The molecule has 2 aromatic carbocycles. The number of nitrogens with zero attached hydrogens (tertiary/aromatic N) is 2. The maximum Gasteiger partial charge on any atom is 0.242 e. The van der Waals surface area contributed by atoms with Crippen LogP contribution < -0.4 is 4.90 Å². The van der Waals surface area contributed by atoms with Crippen LogP contribution in [0.15, 0.2) is 48.5 Å². The molecule has 128 valence electrons. The summed E-state index contributed by atoms with van der Waals surface area (Å²) in [5.74, 6) is -1.88. The van der Waals surface area contributed by atoms with Crippen molar-refractivity contribution in [3.05, 3.63) is 65.7 Å². The molecule has 1 atom stereocenters. The maximum absolute atomic E-state index is 13.4. The molecule has 24 heavy (non-hydrogen) atoms. The van der Waals surface area contributed by atoms with Crippen molar-refractivity contribution in [2.75, 3.05) is 25.0 Å². The third-order valence-electron chi connectivity index (χ3n) is 4.23. The van der Waals surface area contributed by atoms with Crippen molar-refractivity contribution in [1.29, 1.82) is 0 Å². The molecule has 1 amide bonds. The van der Waals surface area contributed by atoms with Gasteiger partial charge in [0.25, 0.3) is 0 Å². The number of halogens is 2. The number of para-hydroxylation sites is 1.